The fraction of sp³-hybridized carbons (Fsp3) is 0.304. The summed E-state index contributed by atoms with van der Waals surface area (Å²) in [6.45, 7) is 8.54. The molecule has 0 saturated heterocycles. The second kappa shape index (κ2) is 9.12. The number of ether oxygens (including phenoxy) is 2. The molecule has 3 nitrogen and oxygen atoms in total. The lowest BCUT2D eigenvalue weighted by Crippen LogP contribution is -1.96. The zero-order valence-corrected chi connectivity index (χ0v) is 16.0. The molecule has 2 rings (SSSR count). The third-order valence-corrected chi connectivity index (χ3v) is 4.42. The Morgan fingerprint density at radius 3 is 2.42 bits per heavy atom. The third kappa shape index (κ3) is 4.47. The van der Waals surface area contributed by atoms with E-state index in [4.69, 9.17) is 14.6 Å². The summed E-state index contributed by atoms with van der Waals surface area (Å²) in [6, 6.07) is 10.0. The van der Waals surface area contributed by atoms with Gasteiger partial charge in [0.2, 0.25) is 0 Å². The lowest BCUT2D eigenvalue weighted by atomic mass is 9.94. The van der Waals surface area contributed by atoms with Crippen molar-refractivity contribution < 1.29 is 14.6 Å². The molecule has 0 aromatic heterocycles. The highest BCUT2D eigenvalue weighted by atomic mass is 16.5. The molecule has 0 radical (unpaired) electrons. The van der Waals surface area contributed by atoms with Crippen molar-refractivity contribution in [3.8, 4) is 23.3 Å². The molecule has 26 heavy (non-hydrogen) atoms. The Hall–Kier alpha value is -2.70. The van der Waals surface area contributed by atoms with Crippen LogP contribution in [0.3, 0.4) is 0 Å². The average Bonchev–Trinajstić information content (AvgIpc) is 2.66. The number of hydrogen-bond acceptors (Lipinski definition) is 3. The van der Waals surface area contributed by atoms with Gasteiger partial charge in [-0.05, 0) is 66.3 Å². The van der Waals surface area contributed by atoms with E-state index < -0.39 is 0 Å². The SMILES string of the molecule is C=C(c1ccc(OC)c(C#CCCCO)c1)c1cc(C)c(C)c(OC)c1. The molecule has 2 aromatic rings. The molecular formula is C23H26O3. The summed E-state index contributed by atoms with van der Waals surface area (Å²) in [4.78, 5) is 0. The maximum Gasteiger partial charge on any atom is 0.134 e. The number of aliphatic hydroxyl groups excluding tert-OH is 1. The quantitative estimate of drug-likeness (QED) is 0.615. The number of rotatable bonds is 6. The van der Waals surface area contributed by atoms with Gasteiger partial charge in [0, 0.05) is 13.0 Å². The first-order valence-electron chi connectivity index (χ1n) is 8.64. The van der Waals surface area contributed by atoms with Crippen molar-refractivity contribution in [2.24, 2.45) is 0 Å². The van der Waals surface area contributed by atoms with Crippen LogP contribution in [0.1, 0.15) is 40.7 Å². The van der Waals surface area contributed by atoms with Crippen LogP contribution in [-0.2, 0) is 0 Å². The Bertz CT molecular complexity index is 854. The molecule has 0 heterocycles. The van der Waals surface area contributed by atoms with Gasteiger partial charge in [0.15, 0.2) is 0 Å². The molecule has 0 aliphatic rings. The summed E-state index contributed by atoms with van der Waals surface area (Å²) >= 11 is 0. The molecule has 0 unspecified atom stereocenters. The van der Waals surface area contributed by atoms with E-state index >= 15 is 0 Å². The topological polar surface area (TPSA) is 38.7 Å². The van der Waals surface area contributed by atoms with Crippen molar-refractivity contribution >= 4 is 5.57 Å². The Kier molecular flexibility index (Phi) is 6.89. The lowest BCUT2D eigenvalue weighted by molar-refractivity contribution is 0.290. The highest BCUT2D eigenvalue weighted by Gasteiger charge is 2.11. The van der Waals surface area contributed by atoms with Gasteiger partial charge < -0.3 is 14.6 Å². The number of aryl methyl sites for hydroxylation is 1. The number of hydrogen-bond donors (Lipinski definition) is 1. The van der Waals surface area contributed by atoms with E-state index in [2.05, 4.69) is 31.4 Å². The van der Waals surface area contributed by atoms with Gasteiger partial charge >= 0.3 is 0 Å². The van der Waals surface area contributed by atoms with Crippen LogP contribution >= 0.6 is 0 Å². The molecule has 0 spiro atoms. The smallest absolute Gasteiger partial charge is 0.134 e. The number of aliphatic hydroxyl groups is 1. The molecular weight excluding hydrogens is 324 g/mol. The maximum atomic E-state index is 8.88. The molecule has 0 atom stereocenters. The fourth-order valence-corrected chi connectivity index (χ4v) is 2.70. The number of methoxy groups -OCH3 is 2. The van der Waals surface area contributed by atoms with E-state index in [1.807, 2.05) is 31.2 Å². The van der Waals surface area contributed by atoms with Gasteiger partial charge in [-0.15, -0.1) is 0 Å². The van der Waals surface area contributed by atoms with Gasteiger partial charge in [0.1, 0.15) is 11.5 Å². The predicted molar refractivity (Wildman–Crippen MR) is 107 cm³/mol. The van der Waals surface area contributed by atoms with Crippen molar-refractivity contribution in [3.05, 3.63) is 64.7 Å². The van der Waals surface area contributed by atoms with Crippen molar-refractivity contribution in [2.45, 2.75) is 26.7 Å². The molecule has 2 aromatic carbocycles. The third-order valence-electron chi connectivity index (χ3n) is 4.42. The lowest BCUT2D eigenvalue weighted by Gasteiger charge is -2.14. The predicted octanol–water partition coefficient (Wildman–Crippen LogP) is 4.51. The van der Waals surface area contributed by atoms with Gasteiger partial charge in [-0.1, -0.05) is 30.6 Å². The van der Waals surface area contributed by atoms with E-state index in [0.29, 0.717) is 12.8 Å². The van der Waals surface area contributed by atoms with Crippen LogP contribution in [-0.4, -0.2) is 25.9 Å². The number of unbranched alkanes of at least 4 members (excludes halogenated alkanes) is 1. The van der Waals surface area contributed by atoms with E-state index in [-0.39, 0.29) is 6.61 Å². The van der Waals surface area contributed by atoms with Crippen molar-refractivity contribution in [2.75, 3.05) is 20.8 Å². The van der Waals surface area contributed by atoms with Gasteiger partial charge in [0.25, 0.3) is 0 Å². The molecule has 3 heteroatoms. The molecule has 0 fully saturated rings. The van der Waals surface area contributed by atoms with Crippen LogP contribution in [0.5, 0.6) is 11.5 Å². The molecule has 0 saturated carbocycles. The zero-order chi connectivity index (χ0) is 19.1. The maximum absolute atomic E-state index is 8.88. The van der Waals surface area contributed by atoms with Crippen molar-refractivity contribution in [1.29, 1.82) is 0 Å². The van der Waals surface area contributed by atoms with Gasteiger partial charge in [-0.3, -0.25) is 0 Å². The highest BCUT2D eigenvalue weighted by molar-refractivity contribution is 5.80. The first kappa shape index (κ1) is 19.6. The molecule has 0 amide bonds. The van der Waals surface area contributed by atoms with E-state index in [9.17, 15) is 0 Å². The summed E-state index contributed by atoms with van der Waals surface area (Å²) in [5, 5.41) is 8.88. The monoisotopic (exact) mass is 350 g/mol. The van der Waals surface area contributed by atoms with Crippen LogP contribution in [0.15, 0.2) is 36.9 Å². The Morgan fingerprint density at radius 1 is 1.04 bits per heavy atom. The Balaban J connectivity index is 2.40. The molecule has 0 aliphatic heterocycles. The van der Waals surface area contributed by atoms with E-state index in [0.717, 1.165) is 44.9 Å². The van der Waals surface area contributed by atoms with Crippen molar-refractivity contribution in [1.82, 2.24) is 0 Å². The minimum absolute atomic E-state index is 0.150. The van der Waals surface area contributed by atoms with Crippen LogP contribution in [0.4, 0.5) is 0 Å². The Morgan fingerprint density at radius 2 is 1.77 bits per heavy atom. The average molecular weight is 350 g/mol. The number of benzene rings is 2. The minimum atomic E-state index is 0.150. The van der Waals surface area contributed by atoms with Gasteiger partial charge in [-0.25, -0.2) is 0 Å². The van der Waals surface area contributed by atoms with Crippen LogP contribution < -0.4 is 9.47 Å². The molecule has 0 aliphatic carbocycles. The highest BCUT2D eigenvalue weighted by Crippen LogP contribution is 2.31. The standard InChI is InChI=1S/C23H26O3/c1-16-13-21(15-23(26-5)17(16)2)18(3)19-10-11-22(25-4)20(14-19)9-7-6-8-12-24/h10-11,13-15,24H,3,6,8,12H2,1-2,4-5H3. The van der Waals surface area contributed by atoms with Gasteiger partial charge in [-0.2, -0.15) is 0 Å². The van der Waals surface area contributed by atoms with E-state index in [1.165, 1.54) is 0 Å². The first-order chi connectivity index (χ1) is 12.5. The summed E-state index contributed by atoms with van der Waals surface area (Å²) in [5.41, 5.74) is 6.04. The minimum Gasteiger partial charge on any atom is -0.496 e. The summed E-state index contributed by atoms with van der Waals surface area (Å²) in [7, 11) is 3.32. The van der Waals surface area contributed by atoms with Crippen LogP contribution in [0, 0.1) is 25.7 Å². The second-order valence-corrected chi connectivity index (χ2v) is 6.14. The summed E-state index contributed by atoms with van der Waals surface area (Å²) < 4.78 is 10.9. The fourth-order valence-electron chi connectivity index (χ4n) is 2.70. The largest absolute Gasteiger partial charge is 0.496 e. The van der Waals surface area contributed by atoms with Crippen LogP contribution in [0.2, 0.25) is 0 Å². The van der Waals surface area contributed by atoms with Gasteiger partial charge in [0.05, 0.1) is 19.8 Å². The summed E-state index contributed by atoms with van der Waals surface area (Å²) in [6.07, 6.45) is 1.32. The second-order valence-electron chi connectivity index (χ2n) is 6.14. The molecule has 1 N–H and O–H groups in total. The van der Waals surface area contributed by atoms with Crippen LogP contribution in [0.25, 0.3) is 5.57 Å². The molecule has 0 bridgehead atoms. The Labute approximate surface area is 156 Å². The normalized spacial score (nSPS) is 10.0. The van der Waals surface area contributed by atoms with Crippen molar-refractivity contribution in [3.63, 3.8) is 0 Å². The first-order valence-corrected chi connectivity index (χ1v) is 8.64. The van der Waals surface area contributed by atoms with E-state index in [1.54, 1.807) is 14.2 Å². The summed E-state index contributed by atoms with van der Waals surface area (Å²) in [5.74, 6) is 7.81. The molecule has 136 valence electrons. The zero-order valence-electron chi connectivity index (χ0n) is 16.0.